The molecule has 0 radical (unpaired) electrons. The van der Waals surface area contributed by atoms with Gasteiger partial charge in [-0.2, -0.15) is 8.62 Å². The van der Waals surface area contributed by atoms with Crippen LogP contribution in [0, 0.1) is 0 Å². The predicted octanol–water partition coefficient (Wildman–Crippen LogP) is 1.13. The molecule has 0 unspecified atom stereocenters. The Balaban J connectivity index is 4.76. The van der Waals surface area contributed by atoms with Crippen LogP contribution in [0.1, 0.15) is 19.8 Å². The van der Waals surface area contributed by atoms with Gasteiger partial charge in [-0.25, -0.2) is 13.7 Å². The van der Waals surface area contributed by atoms with Gasteiger partial charge in [0, 0.05) is 0 Å². The van der Waals surface area contributed by atoms with E-state index in [1.54, 1.807) is 6.92 Å². The number of hydrogen-bond acceptors (Lipinski definition) is 6. The summed E-state index contributed by atoms with van der Waals surface area (Å²) in [4.78, 5) is 33.6. The van der Waals surface area contributed by atoms with Crippen LogP contribution >= 0.6 is 23.5 Å². The number of phosphoric acid groups is 3. The van der Waals surface area contributed by atoms with E-state index in [0.29, 0.717) is 12.8 Å². The minimum absolute atomic E-state index is 0.298. The van der Waals surface area contributed by atoms with Crippen molar-refractivity contribution >= 4 is 23.5 Å². The van der Waals surface area contributed by atoms with Crippen LogP contribution < -0.4 is 0 Å². The lowest BCUT2D eigenvalue weighted by atomic mass is 10.4. The van der Waals surface area contributed by atoms with E-state index in [-0.39, 0.29) is 6.61 Å². The van der Waals surface area contributed by atoms with Crippen LogP contribution in [0.4, 0.5) is 0 Å². The Kier molecular flexibility index (Phi) is 6.70. The minimum atomic E-state index is -5.28. The molecule has 13 heteroatoms. The van der Waals surface area contributed by atoms with E-state index in [4.69, 9.17) is 19.6 Å². The first kappa shape index (κ1) is 17.4. The molecular formula is C4H13O10P3. The first-order valence-electron chi connectivity index (χ1n) is 4.26. The third-order valence-corrected chi connectivity index (χ3v) is 4.96. The van der Waals surface area contributed by atoms with Gasteiger partial charge in [0.05, 0.1) is 6.61 Å². The lowest BCUT2D eigenvalue weighted by Gasteiger charge is -2.17. The summed E-state index contributed by atoms with van der Waals surface area (Å²) in [5.41, 5.74) is 0. The molecule has 0 aromatic carbocycles. The first-order valence-corrected chi connectivity index (χ1v) is 8.78. The molecule has 0 amide bonds. The lowest BCUT2D eigenvalue weighted by molar-refractivity contribution is 0.164. The average Bonchev–Trinajstić information content (AvgIpc) is 1.96. The molecule has 0 aromatic heterocycles. The molecule has 0 aliphatic heterocycles. The average molecular weight is 314 g/mol. The maximum atomic E-state index is 11.5. The zero-order valence-electron chi connectivity index (χ0n) is 8.70. The Morgan fingerprint density at radius 3 is 1.65 bits per heavy atom. The number of hydrogen-bond donors (Lipinski definition) is 4. The second-order valence-electron chi connectivity index (χ2n) is 2.78. The van der Waals surface area contributed by atoms with E-state index >= 15 is 0 Å². The fraction of sp³-hybridized carbons (Fsp3) is 1.00. The zero-order valence-corrected chi connectivity index (χ0v) is 11.4. The molecule has 17 heavy (non-hydrogen) atoms. The summed E-state index contributed by atoms with van der Waals surface area (Å²) in [6.45, 7) is 1.44. The Labute approximate surface area is 97.0 Å². The first-order chi connectivity index (χ1) is 7.47. The van der Waals surface area contributed by atoms with Crippen LogP contribution in [0.15, 0.2) is 0 Å². The van der Waals surface area contributed by atoms with Gasteiger partial charge in [-0.1, -0.05) is 13.3 Å². The largest absolute Gasteiger partial charge is 0.492 e. The van der Waals surface area contributed by atoms with Crippen LogP contribution in [-0.2, 0) is 26.8 Å². The molecule has 0 spiro atoms. The van der Waals surface area contributed by atoms with Gasteiger partial charge in [-0.15, -0.1) is 0 Å². The molecular weight excluding hydrogens is 301 g/mol. The van der Waals surface area contributed by atoms with Crippen molar-refractivity contribution in [2.75, 3.05) is 6.61 Å². The molecule has 0 saturated heterocycles. The van der Waals surface area contributed by atoms with Crippen LogP contribution in [0.25, 0.3) is 0 Å². The summed E-state index contributed by atoms with van der Waals surface area (Å²) in [6, 6.07) is 0. The van der Waals surface area contributed by atoms with Gasteiger partial charge >= 0.3 is 23.5 Å². The highest BCUT2D eigenvalue weighted by Crippen LogP contribution is 2.67. The Morgan fingerprint density at radius 2 is 1.35 bits per heavy atom. The van der Waals surface area contributed by atoms with E-state index in [0.717, 1.165) is 0 Å². The molecule has 0 saturated carbocycles. The summed E-state index contributed by atoms with van der Waals surface area (Å²) in [7, 11) is -15.6. The summed E-state index contributed by atoms with van der Waals surface area (Å²) < 4.78 is 44.0. The Bertz CT molecular complexity index is 338. The van der Waals surface area contributed by atoms with E-state index < -0.39 is 23.5 Å². The van der Waals surface area contributed by atoms with E-state index in [1.165, 1.54) is 0 Å². The van der Waals surface area contributed by atoms with Crippen molar-refractivity contribution in [3.63, 3.8) is 0 Å². The van der Waals surface area contributed by atoms with Crippen LogP contribution in [-0.4, -0.2) is 26.2 Å². The fourth-order valence-electron chi connectivity index (χ4n) is 0.643. The van der Waals surface area contributed by atoms with Crippen molar-refractivity contribution in [2.24, 2.45) is 0 Å². The summed E-state index contributed by atoms with van der Waals surface area (Å²) in [6.07, 6.45) is 0.921. The van der Waals surface area contributed by atoms with Crippen molar-refractivity contribution in [3.05, 3.63) is 0 Å². The van der Waals surface area contributed by atoms with Crippen LogP contribution in [0.2, 0.25) is 0 Å². The van der Waals surface area contributed by atoms with Crippen molar-refractivity contribution in [3.8, 4) is 0 Å². The van der Waals surface area contributed by atoms with Gasteiger partial charge in [0.1, 0.15) is 0 Å². The molecule has 104 valence electrons. The summed E-state index contributed by atoms with van der Waals surface area (Å²) in [5, 5.41) is 0. The van der Waals surface area contributed by atoms with E-state index in [2.05, 4.69) is 13.1 Å². The normalized spacial score (nSPS) is 13.9. The quantitative estimate of drug-likeness (QED) is 0.377. The maximum absolute atomic E-state index is 11.5. The third-order valence-electron chi connectivity index (χ3n) is 1.16. The molecule has 4 N–H and O–H groups in total. The highest BCUT2D eigenvalue weighted by Gasteiger charge is 2.41. The molecule has 0 aliphatic rings. The van der Waals surface area contributed by atoms with E-state index in [1.807, 2.05) is 0 Å². The van der Waals surface area contributed by atoms with Crippen molar-refractivity contribution in [2.45, 2.75) is 19.8 Å². The molecule has 10 nitrogen and oxygen atoms in total. The van der Waals surface area contributed by atoms with Gasteiger partial charge in [0.25, 0.3) is 0 Å². The predicted molar refractivity (Wildman–Crippen MR) is 54.7 cm³/mol. The van der Waals surface area contributed by atoms with Crippen molar-refractivity contribution < 1.29 is 46.4 Å². The van der Waals surface area contributed by atoms with E-state index in [9.17, 15) is 13.7 Å². The molecule has 0 aromatic rings. The number of unbranched alkanes of at least 4 members (excludes halogenated alkanes) is 1. The maximum Gasteiger partial charge on any atom is 0.492 e. The van der Waals surface area contributed by atoms with Crippen LogP contribution in [0.3, 0.4) is 0 Å². The Hall–Kier alpha value is 0.410. The van der Waals surface area contributed by atoms with Crippen LogP contribution in [0.5, 0.6) is 0 Å². The smallest absolute Gasteiger partial charge is 0.302 e. The Morgan fingerprint density at radius 1 is 0.941 bits per heavy atom. The molecule has 0 aliphatic carbocycles. The third kappa shape index (κ3) is 10.1. The molecule has 0 rings (SSSR count). The molecule has 0 atom stereocenters. The fourth-order valence-corrected chi connectivity index (χ4v) is 3.84. The van der Waals surface area contributed by atoms with Crippen molar-refractivity contribution in [1.29, 1.82) is 0 Å². The van der Waals surface area contributed by atoms with Gasteiger partial charge in [0.15, 0.2) is 0 Å². The van der Waals surface area contributed by atoms with Gasteiger partial charge in [-0.05, 0) is 6.42 Å². The second-order valence-corrected chi connectivity index (χ2v) is 7.20. The SMILES string of the molecule is CCCCOP(=O)(OP(=O)(O)O)OP(=O)(O)O. The van der Waals surface area contributed by atoms with Crippen molar-refractivity contribution in [1.82, 2.24) is 0 Å². The number of rotatable bonds is 8. The monoisotopic (exact) mass is 314 g/mol. The standard InChI is InChI=1S/C4H13O10P3/c1-2-3-4-12-17(11,13-15(5,6)7)14-16(8,9)10/h2-4H2,1H3,(H2,5,6,7)(H2,8,9,10). The second kappa shape index (κ2) is 6.54. The van der Waals surface area contributed by atoms with Gasteiger partial charge in [-0.3, -0.25) is 4.52 Å². The summed E-state index contributed by atoms with van der Waals surface area (Å²) >= 11 is 0. The minimum Gasteiger partial charge on any atom is -0.302 e. The highest BCUT2D eigenvalue weighted by atomic mass is 31.3. The molecule has 0 fully saturated rings. The zero-order chi connectivity index (χ0) is 13.7. The molecule has 0 heterocycles. The topological polar surface area (TPSA) is 160 Å². The van der Waals surface area contributed by atoms with Gasteiger partial charge in [0.2, 0.25) is 0 Å². The highest BCUT2D eigenvalue weighted by molar-refractivity contribution is 7.66. The summed E-state index contributed by atoms with van der Waals surface area (Å²) in [5.74, 6) is 0. The lowest BCUT2D eigenvalue weighted by Crippen LogP contribution is -1.99. The molecule has 0 bridgehead atoms. The van der Waals surface area contributed by atoms with Gasteiger partial charge < -0.3 is 19.6 Å².